The Labute approximate surface area is 170 Å². The van der Waals surface area contributed by atoms with Crippen molar-refractivity contribution in [1.29, 1.82) is 0 Å². The molecule has 28 heavy (non-hydrogen) atoms. The van der Waals surface area contributed by atoms with Crippen LogP contribution in [0.15, 0.2) is 42.5 Å². The molecule has 0 saturated carbocycles. The van der Waals surface area contributed by atoms with Crippen molar-refractivity contribution in [3.63, 3.8) is 0 Å². The van der Waals surface area contributed by atoms with Gasteiger partial charge in [0.2, 0.25) is 0 Å². The number of amides is 2. The molecule has 0 aliphatic carbocycles. The fourth-order valence-electron chi connectivity index (χ4n) is 2.99. The van der Waals surface area contributed by atoms with Crippen molar-refractivity contribution in [2.75, 3.05) is 32.5 Å². The number of fused-ring (bicyclic) bond motifs is 1. The zero-order valence-electron chi connectivity index (χ0n) is 16.2. The molecule has 0 radical (unpaired) electrons. The lowest BCUT2D eigenvalue weighted by Gasteiger charge is -2.28. The third-order valence-electron chi connectivity index (χ3n) is 4.53. The van der Waals surface area contributed by atoms with E-state index >= 15 is 0 Å². The molecule has 1 unspecified atom stereocenters. The van der Waals surface area contributed by atoms with E-state index in [9.17, 15) is 9.59 Å². The molecule has 0 saturated heterocycles. The van der Waals surface area contributed by atoms with Crippen LogP contribution in [0.2, 0.25) is 5.02 Å². The molecule has 0 bridgehead atoms. The summed E-state index contributed by atoms with van der Waals surface area (Å²) in [5, 5.41) is 3.42. The number of likely N-dealkylation sites (N-methyl/N-ethyl adjacent to an activating group) is 1. The van der Waals surface area contributed by atoms with Crippen molar-refractivity contribution in [2.24, 2.45) is 0 Å². The van der Waals surface area contributed by atoms with Crippen molar-refractivity contribution in [3.05, 3.63) is 58.6 Å². The number of hydrogen-bond donors (Lipinski definition) is 1. The van der Waals surface area contributed by atoms with Crippen LogP contribution in [0.3, 0.4) is 0 Å². The standard InChI is InChI=1S/C21H24ClN3O3/c1-14-20(26)23-18-9-5-8-17(19(18)28-14)21(27)25(11-10-24(2)3)13-15-6-4-7-16(22)12-15/h4-9,12,14H,10-11,13H2,1-3H3,(H,23,26). The first-order chi connectivity index (χ1) is 13.3. The predicted octanol–water partition coefficient (Wildman–Crippen LogP) is 3.26. The van der Waals surface area contributed by atoms with Gasteiger partial charge in [0.1, 0.15) is 0 Å². The van der Waals surface area contributed by atoms with Gasteiger partial charge in [0.25, 0.3) is 11.8 Å². The minimum Gasteiger partial charge on any atom is -0.478 e. The maximum absolute atomic E-state index is 13.4. The summed E-state index contributed by atoms with van der Waals surface area (Å²) in [5.74, 6) is 0.0445. The molecular weight excluding hydrogens is 378 g/mol. The Kier molecular flexibility index (Phi) is 6.21. The molecular formula is C21H24ClN3O3. The van der Waals surface area contributed by atoms with Crippen molar-refractivity contribution in [1.82, 2.24) is 9.80 Å². The lowest BCUT2D eigenvalue weighted by molar-refractivity contribution is -0.122. The number of nitrogens with zero attached hydrogens (tertiary/aromatic N) is 2. The van der Waals surface area contributed by atoms with Gasteiger partial charge in [-0.25, -0.2) is 0 Å². The van der Waals surface area contributed by atoms with Gasteiger partial charge >= 0.3 is 0 Å². The number of para-hydroxylation sites is 1. The Bertz CT molecular complexity index is 885. The highest BCUT2D eigenvalue weighted by molar-refractivity contribution is 6.30. The van der Waals surface area contributed by atoms with Crippen LogP contribution >= 0.6 is 11.6 Å². The van der Waals surface area contributed by atoms with Gasteiger partial charge < -0.3 is 19.9 Å². The van der Waals surface area contributed by atoms with Crippen LogP contribution in [-0.4, -0.2) is 54.9 Å². The van der Waals surface area contributed by atoms with E-state index in [2.05, 4.69) is 5.32 Å². The summed E-state index contributed by atoms with van der Waals surface area (Å²) in [6.07, 6.45) is -0.649. The van der Waals surface area contributed by atoms with Crippen LogP contribution in [0.4, 0.5) is 5.69 Å². The molecule has 1 atom stereocenters. The van der Waals surface area contributed by atoms with Gasteiger partial charge in [0.05, 0.1) is 11.3 Å². The van der Waals surface area contributed by atoms with Crippen LogP contribution in [-0.2, 0) is 11.3 Å². The molecule has 3 rings (SSSR count). The number of halogens is 1. The van der Waals surface area contributed by atoms with Crippen molar-refractivity contribution in [3.8, 4) is 5.75 Å². The van der Waals surface area contributed by atoms with Crippen molar-refractivity contribution in [2.45, 2.75) is 19.6 Å². The second-order valence-electron chi connectivity index (χ2n) is 7.09. The number of anilines is 1. The first kappa shape index (κ1) is 20.2. The molecule has 1 heterocycles. The lowest BCUT2D eigenvalue weighted by atomic mass is 10.1. The van der Waals surface area contributed by atoms with Gasteiger partial charge in [0, 0.05) is 24.7 Å². The molecule has 2 aromatic rings. The first-order valence-electron chi connectivity index (χ1n) is 9.14. The van der Waals surface area contributed by atoms with Crippen molar-refractivity contribution >= 4 is 29.1 Å². The summed E-state index contributed by atoms with van der Waals surface area (Å²) in [6.45, 7) is 3.35. The molecule has 6 nitrogen and oxygen atoms in total. The summed E-state index contributed by atoms with van der Waals surface area (Å²) in [4.78, 5) is 29.1. The fourth-order valence-corrected chi connectivity index (χ4v) is 3.21. The number of carbonyl (C=O) groups excluding carboxylic acids is 2. The van der Waals surface area contributed by atoms with Crippen LogP contribution in [0.5, 0.6) is 5.75 Å². The molecule has 2 aromatic carbocycles. The van der Waals surface area contributed by atoms with Gasteiger partial charge in [-0.15, -0.1) is 0 Å². The summed E-state index contributed by atoms with van der Waals surface area (Å²) >= 11 is 6.11. The average molecular weight is 402 g/mol. The number of carbonyl (C=O) groups is 2. The topological polar surface area (TPSA) is 61.9 Å². The predicted molar refractivity (Wildman–Crippen MR) is 110 cm³/mol. The quantitative estimate of drug-likeness (QED) is 0.807. The molecule has 0 aromatic heterocycles. The molecule has 2 amide bonds. The molecule has 0 fully saturated rings. The first-order valence-corrected chi connectivity index (χ1v) is 9.52. The third kappa shape index (κ3) is 4.64. The van der Waals surface area contributed by atoms with E-state index in [-0.39, 0.29) is 11.8 Å². The van der Waals surface area contributed by atoms with E-state index in [1.54, 1.807) is 30.0 Å². The van der Waals surface area contributed by atoms with Gasteiger partial charge in [-0.1, -0.05) is 29.8 Å². The zero-order valence-corrected chi connectivity index (χ0v) is 17.0. The van der Waals surface area contributed by atoms with Crippen LogP contribution in [0.1, 0.15) is 22.8 Å². The van der Waals surface area contributed by atoms with Gasteiger partial charge in [-0.2, -0.15) is 0 Å². The van der Waals surface area contributed by atoms with Crippen LogP contribution < -0.4 is 10.1 Å². The summed E-state index contributed by atoms with van der Waals surface area (Å²) in [7, 11) is 3.93. The SMILES string of the molecule is CC1Oc2c(cccc2C(=O)N(CCN(C)C)Cc2cccc(Cl)c2)NC1=O. The monoisotopic (exact) mass is 401 g/mol. The number of nitrogens with one attached hydrogen (secondary N) is 1. The van der Waals surface area contributed by atoms with Gasteiger partial charge in [0.15, 0.2) is 11.9 Å². The number of rotatable bonds is 6. The minimum absolute atomic E-state index is 0.151. The lowest BCUT2D eigenvalue weighted by Crippen LogP contribution is -2.38. The molecule has 1 aliphatic rings. The zero-order chi connectivity index (χ0) is 20.3. The molecule has 1 aliphatic heterocycles. The molecule has 0 spiro atoms. The van der Waals surface area contributed by atoms with Crippen molar-refractivity contribution < 1.29 is 14.3 Å². The van der Waals surface area contributed by atoms with E-state index in [0.717, 1.165) is 12.1 Å². The third-order valence-corrected chi connectivity index (χ3v) is 4.77. The number of ether oxygens (including phenoxy) is 1. The summed E-state index contributed by atoms with van der Waals surface area (Å²) in [5.41, 5.74) is 1.90. The Morgan fingerprint density at radius 1 is 1.18 bits per heavy atom. The van der Waals surface area contributed by atoms with E-state index in [1.165, 1.54) is 0 Å². The number of hydrogen-bond acceptors (Lipinski definition) is 4. The van der Waals surface area contributed by atoms with E-state index in [1.807, 2.05) is 43.3 Å². The minimum atomic E-state index is -0.649. The molecule has 148 valence electrons. The normalized spacial score (nSPS) is 15.6. The Morgan fingerprint density at radius 2 is 1.93 bits per heavy atom. The highest BCUT2D eigenvalue weighted by Gasteiger charge is 2.29. The smallest absolute Gasteiger partial charge is 0.265 e. The van der Waals surface area contributed by atoms with Crippen LogP contribution in [0.25, 0.3) is 0 Å². The van der Waals surface area contributed by atoms with E-state index < -0.39 is 6.10 Å². The van der Waals surface area contributed by atoms with E-state index in [0.29, 0.717) is 35.1 Å². The Balaban J connectivity index is 1.91. The van der Waals surface area contributed by atoms with Crippen LogP contribution in [0, 0.1) is 0 Å². The van der Waals surface area contributed by atoms with Gasteiger partial charge in [-0.05, 0) is 50.8 Å². The number of benzene rings is 2. The fraction of sp³-hybridized carbons (Fsp3) is 0.333. The Morgan fingerprint density at radius 3 is 2.64 bits per heavy atom. The maximum atomic E-state index is 13.4. The highest BCUT2D eigenvalue weighted by atomic mass is 35.5. The second kappa shape index (κ2) is 8.63. The Hall–Kier alpha value is -2.57. The maximum Gasteiger partial charge on any atom is 0.265 e. The van der Waals surface area contributed by atoms with Gasteiger partial charge in [-0.3, -0.25) is 9.59 Å². The molecule has 1 N–H and O–H groups in total. The summed E-state index contributed by atoms with van der Waals surface area (Å²) < 4.78 is 5.75. The largest absolute Gasteiger partial charge is 0.478 e. The highest BCUT2D eigenvalue weighted by Crippen LogP contribution is 2.34. The second-order valence-corrected chi connectivity index (χ2v) is 7.53. The average Bonchev–Trinajstić information content (AvgIpc) is 2.65. The summed E-state index contributed by atoms with van der Waals surface area (Å²) in [6, 6.07) is 12.7. The molecule has 7 heteroatoms. The van der Waals surface area contributed by atoms with E-state index in [4.69, 9.17) is 16.3 Å².